The number of carbonyl (C=O) groups excluding carboxylic acids is 2. The van der Waals surface area contributed by atoms with Gasteiger partial charge in [-0.2, -0.15) is 0 Å². The Morgan fingerprint density at radius 3 is 2.83 bits per heavy atom. The van der Waals surface area contributed by atoms with Crippen LogP contribution in [0.5, 0.6) is 5.75 Å². The van der Waals surface area contributed by atoms with E-state index >= 15 is 0 Å². The van der Waals surface area contributed by atoms with Crippen LogP contribution in [-0.2, 0) is 9.59 Å². The molecule has 0 spiro atoms. The summed E-state index contributed by atoms with van der Waals surface area (Å²) in [5, 5.41) is 3.03. The van der Waals surface area contributed by atoms with Gasteiger partial charge >= 0.3 is 0 Å². The number of benzene rings is 1. The molecule has 0 aromatic heterocycles. The van der Waals surface area contributed by atoms with Crippen LogP contribution in [0, 0.1) is 6.92 Å². The largest absolute Gasteiger partial charge is 0.490 e. The molecule has 124 valence electrons. The molecule has 0 radical (unpaired) electrons. The summed E-state index contributed by atoms with van der Waals surface area (Å²) in [5.41, 5.74) is 1.91. The number of anilines is 1. The molecule has 3 rings (SSSR count). The Labute approximate surface area is 137 Å². The summed E-state index contributed by atoms with van der Waals surface area (Å²) in [6, 6.07) is 6.15. The number of nitrogens with zero attached hydrogens (tertiary/aromatic N) is 1. The van der Waals surface area contributed by atoms with E-state index < -0.39 is 0 Å². The first-order chi connectivity index (χ1) is 11.1. The van der Waals surface area contributed by atoms with E-state index in [2.05, 4.69) is 5.32 Å². The standard InChI is InChI=1S/C18H24N2O3/c1-13-6-7-16-15(12-13)20(10-11-23-16)18(22)9-8-17(21)19-14-4-2-3-5-14/h6-7,12,14H,2-5,8-11H2,1H3,(H,19,21). The second-order valence-electron chi connectivity index (χ2n) is 6.41. The van der Waals surface area contributed by atoms with Crippen molar-refractivity contribution in [1.29, 1.82) is 0 Å². The minimum Gasteiger partial charge on any atom is -0.490 e. The summed E-state index contributed by atoms with van der Waals surface area (Å²) in [7, 11) is 0. The van der Waals surface area contributed by atoms with E-state index in [-0.39, 0.29) is 24.7 Å². The van der Waals surface area contributed by atoms with Crippen molar-refractivity contribution in [3.05, 3.63) is 23.8 Å². The Morgan fingerprint density at radius 1 is 1.26 bits per heavy atom. The monoisotopic (exact) mass is 316 g/mol. The molecule has 0 saturated heterocycles. The summed E-state index contributed by atoms with van der Waals surface area (Å²) < 4.78 is 5.60. The zero-order valence-corrected chi connectivity index (χ0v) is 13.6. The number of carbonyl (C=O) groups is 2. The van der Waals surface area contributed by atoms with Crippen LogP contribution in [0.4, 0.5) is 5.69 Å². The highest BCUT2D eigenvalue weighted by molar-refractivity contribution is 5.97. The first-order valence-corrected chi connectivity index (χ1v) is 8.46. The lowest BCUT2D eigenvalue weighted by Gasteiger charge is -2.30. The molecule has 1 heterocycles. The molecule has 2 aliphatic rings. The van der Waals surface area contributed by atoms with Crippen LogP contribution < -0.4 is 15.0 Å². The fourth-order valence-electron chi connectivity index (χ4n) is 3.31. The van der Waals surface area contributed by atoms with Crippen molar-refractivity contribution < 1.29 is 14.3 Å². The van der Waals surface area contributed by atoms with Gasteiger partial charge in [-0.1, -0.05) is 18.9 Å². The SMILES string of the molecule is Cc1ccc2c(c1)N(C(=O)CCC(=O)NC1CCCC1)CCO2. The van der Waals surface area contributed by atoms with E-state index in [0.717, 1.165) is 29.8 Å². The smallest absolute Gasteiger partial charge is 0.227 e. The maximum Gasteiger partial charge on any atom is 0.227 e. The summed E-state index contributed by atoms with van der Waals surface area (Å²) in [5.74, 6) is 0.718. The van der Waals surface area contributed by atoms with Crippen LogP contribution in [0.3, 0.4) is 0 Å². The molecule has 1 aromatic rings. The van der Waals surface area contributed by atoms with Gasteiger partial charge in [0.1, 0.15) is 12.4 Å². The number of hydrogen-bond donors (Lipinski definition) is 1. The highest BCUT2D eigenvalue weighted by atomic mass is 16.5. The van der Waals surface area contributed by atoms with Crippen LogP contribution in [0.25, 0.3) is 0 Å². The first kappa shape index (κ1) is 15.8. The first-order valence-electron chi connectivity index (χ1n) is 8.46. The van der Waals surface area contributed by atoms with Crippen LogP contribution >= 0.6 is 0 Å². The van der Waals surface area contributed by atoms with Gasteiger partial charge in [0.15, 0.2) is 0 Å². The number of ether oxygens (including phenoxy) is 1. The molecule has 1 aliphatic heterocycles. The lowest BCUT2D eigenvalue weighted by atomic mass is 10.1. The molecule has 0 unspecified atom stereocenters. The van der Waals surface area contributed by atoms with Gasteiger partial charge < -0.3 is 15.0 Å². The van der Waals surface area contributed by atoms with Crippen LogP contribution in [0.2, 0.25) is 0 Å². The van der Waals surface area contributed by atoms with E-state index in [1.165, 1.54) is 12.8 Å². The van der Waals surface area contributed by atoms with Gasteiger partial charge in [-0.05, 0) is 37.5 Å². The molecule has 1 fully saturated rings. The van der Waals surface area contributed by atoms with Crippen molar-refractivity contribution in [2.24, 2.45) is 0 Å². The third kappa shape index (κ3) is 3.84. The second kappa shape index (κ2) is 7.02. The van der Waals surface area contributed by atoms with E-state index in [1.807, 2.05) is 25.1 Å². The van der Waals surface area contributed by atoms with Gasteiger partial charge in [0.25, 0.3) is 0 Å². The summed E-state index contributed by atoms with van der Waals surface area (Å²) in [4.78, 5) is 26.2. The van der Waals surface area contributed by atoms with Gasteiger partial charge in [-0.15, -0.1) is 0 Å². The van der Waals surface area contributed by atoms with Gasteiger partial charge in [0, 0.05) is 18.9 Å². The molecule has 23 heavy (non-hydrogen) atoms. The van der Waals surface area contributed by atoms with Gasteiger partial charge in [0.05, 0.1) is 12.2 Å². The van der Waals surface area contributed by atoms with Crippen molar-refractivity contribution in [3.8, 4) is 5.75 Å². The van der Waals surface area contributed by atoms with Crippen molar-refractivity contribution >= 4 is 17.5 Å². The summed E-state index contributed by atoms with van der Waals surface area (Å²) >= 11 is 0. The number of aryl methyl sites for hydroxylation is 1. The highest BCUT2D eigenvalue weighted by Gasteiger charge is 2.24. The van der Waals surface area contributed by atoms with Gasteiger partial charge in [0.2, 0.25) is 11.8 Å². The van der Waals surface area contributed by atoms with Crippen molar-refractivity contribution in [1.82, 2.24) is 5.32 Å². The fraction of sp³-hybridized carbons (Fsp3) is 0.556. The Morgan fingerprint density at radius 2 is 2.04 bits per heavy atom. The maximum absolute atomic E-state index is 12.5. The second-order valence-corrected chi connectivity index (χ2v) is 6.41. The quantitative estimate of drug-likeness (QED) is 0.929. The van der Waals surface area contributed by atoms with Gasteiger partial charge in [-0.3, -0.25) is 9.59 Å². The van der Waals surface area contributed by atoms with E-state index in [9.17, 15) is 9.59 Å². The lowest BCUT2D eigenvalue weighted by molar-refractivity contribution is -0.125. The molecular weight excluding hydrogens is 292 g/mol. The van der Waals surface area contributed by atoms with Crippen molar-refractivity contribution in [3.63, 3.8) is 0 Å². The zero-order valence-electron chi connectivity index (χ0n) is 13.6. The normalized spacial score (nSPS) is 17.5. The lowest BCUT2D eigenvalue weighted by Crippen LogP contribution is -2.39. The Balaban J connectivity index is 1.56. The molecular formula is C18H24N2O3. The Hall–Kier alpha value is -2.04. The Kier molecular flexibility index (Phi) is 4.84. The average molecular weight is 316 g/mol. The summed E-state index contributed by atoms with van der Waals surface area (Å²) in [6.45, 7) is 3.03. The minimum atomic E-state index is -0.0123. The predicted molar refractivity (Wildman–Crippen MR) is 88.7 cm³/mol. The molecule has 5 nitrogen and oxygen atoms in total. The molecule has 1 saturated carbocycles. The molecule has 5 heteroatoms. The average Bonchev–Trinajstić information content (AvgIpc) is 3.05. The molecule has 0 bridgehead atoms. The molecule has 1 aromatic carbocycles. The van der Waals surface area contributed by atoms with Crippen LogP contribution in [-0.4, -0.2) is 31.0 Å². The Bertz CT molecular complexity index is 594. The summed E-state index contributed by atoms with van der Waals surface area (Å²) in [6.07, 6.45) is 5.01. The third-order valence-electron chi connectivity index (χ3n) is 4.56. The molecule has 1 aliphatic carbocycles. The van der Waals surface area contributed by atoms with Gasteiger partial charge in [-0.25, -0.2) is 0 Å². The van der Waals surface area contributed by atoms with Crippen molar-refractivity contribution in [2.45, 2.75) is 51.5 Å². The number of hydrogen-bond acceptors (Lipinski definition) is 3. The van der Waals surface area contributed by atoms with Crippen molar-refractivity contribution in [2.75, 3.05) is 18.1 Å². The number of nitrogens with one attached hydrogen (secondary N) is 1. The molecule has 2 amide bonds. The number of rotatable bonds is 4. The predicted octanol–water partition coefficient (Wildman–Crippen LogP) is 2.56. The van der Waals surface area contributed by atoms with E-state index in [1.54, 1.807) is 4.90 Å². The zero-order chi connectivity index (χ0) is 16.2. The number of amides is 2. The highest BCUT2D eigenvalue weighted by Crippen LogP contribution is 2.32. The molecule has 1 N–H and O–H groups in total. The van der Waals surface area contributed by atoms with Crippen LogP contribution in [0.1, 0.15) is 44.1 Å². The van der Waals surface area contributed by atoms with E-state index in [4.69, 9.17) is 4.74 Å². The maximum atomic E-state index is 12.5. The topological polar surface area (TPSA) is 58.6 Å². The van der Waals surface area contributed by atoms with Crippen LogP contribution in [0.15, 0.2) is 18.2 Å². The molecule has 0 atom stereocenters. The van der Waals surface area contributed by atoms with E-state index in [0.29, 0.717) is 19.2 Å². The number of fused-ring (bicyclic) bond motifs is 1. The third-order valence-corrected chi connectivity index (χ3v) is 4.56. The minimum absolute atomic E-state index is 0.0111. The fourth-order valence-corrected chi connectivity index (χ4v) is 3.31.